The Morgan fingerprint density at radius 2 is 1.76 bits per heavy atom. The average molecular weight is 387 g/mol. The number of aromatic amines is 1. The second-order valence-electron chi connectivity index (χ2n) is 6.87. The third kappa shape index (κ3) is 5.48. The molecule has 1 aromatic heterocycles. The molecule has 0 bridgehead atoms. The molecule has 2 aromatic carbocycles. The predicted octanol–water partition coefficient (Wildman–Crippen LogP) is 5.92. The van der Waals surface area contributed by atoms with Crippen LogP contribution in [-0.4, -0.2) is 18.1 Å². The number of ether oxygens (including phenoxy) is 2. The maximum Gasteiger partial charge on any atom is 0.360 e. The van der Waals surface area contributed by atoms with Gasteiger partial charge < -0.3 is 14.5 Å². The van der Waals surface area contributed by atoms with Crippen LogP contribution in [-0.2, 0) is 6.42 Å². The number of H-pyrrole nitrogens is 1. The van der Waals surface area contributed by atoms with Gasteiger partial charge in [-0.1, -0.05) is 48.1 Å². The van der Waals surface area contributed by atoms with Gasteiger partial charge in [0, 0.05) is 11.8 Å². The Labute approximate surface area is 171 Å². The molecule has 0 aliphatic carbocycles. The fourth-order valence-corrected chi connectivity index (χ4v) is 2.96. The largest absolute Gasteiger partial charge is 0.496 e. The molecule has 0 fully saturated rings. The van der Waals surface area contributed by atoms with E-state index in [0.717, 1.165) is 28.7 Å². The average Bonchev–Trinajstić information content (AvgIpc) is 3.26. The van der Waals surface area contributed by atoms with Crippen molar-refractivity contribution in [3.8, 4) is 11.5 Å². The molecule has 0 aliphatic rings. The number of nitrogens with one attached hydrogen (secondary N) is 1. The van der Waals surface area contributed by atoms with Crippen molar-refractivity contribution in [3.63, 3.8) is 0 Å². The molecule has 29 heavy (non-hydrogen) atoms. The van der Waals surface area contributed by atoms with Gasteiger partial charge in [-0.2, -0.15) is 0 Å². The molecule has 1 N–H and O–H groups in total. The lowest BCUT2D eigenvalue weighted by atomic mass is 10.0. The van der Waals surface area contributed by atoms with Crippen LogP contribution in [0, 0.1) is 0 Å². The van der Waals surface area contributed by atoms with E-state index in [1.807, 2.05) is 61.5 Å². The van der Waals surface area contributed by atoms with E-state index >= 15 is 0 Å². The van der Waals surface area contributed by atoms with Crippen LogP contribution in [0.2, 0.25) is 0 Å². The summed E-state index contributed by atoms with van der Waals surface area (Å²) in [7, 11) is 1.63. The summed E-state index contributed by atoms with van der Waals surface area (Å²) in [5.41, 5.74) is 4.29. The van der Waals surface area contributed by atoms with Crippen LogP contribution >= 0.6 is 0 Å². The number of hydrogen-bond donors (Lipinski definition) is 1. The van der Waals surface area contributed by atoms with Crippen LogP contribution in [0.4, 0.5) is 0 Å². The van der Waals surface area contributed by atoms with Gasteiger partial charge in [0.25, 0.3) is 0 Å². The molecule has 0 atom stereocenters. The Bertz CT molecular complexity index is 1000. The molecule has 0 amide bonds. The number of hydrogen-bond acceptors (Lipinski definition) is 3. The van der Waals surface area contributed by atoms with Crippen LogP contribution < -0.4 is 9.47 Å². The lowest BCUT2D eigenvalue weighted by molar-refractivity contribution is 0.0727. The van der Waals surface area contributed by atoms with Gasteiger partial charge in [-0.15, -0.1) is 6.58 Å². The van der Waals surface area contributed by atoms with E-state index < -0.39 is 5.97 Å². The number of carbonyl (C=O) groups excluding carboxylic acids is 1. The summed E-state index contributed by atoms with van der Waals surface area (Å²) < 4.78 is 11.4. The minimum atomic E-state index is -0.433. The van der Waals surface area contributed by atoms with E-state index in [-0.39, 0.29) is 0 Å². The highest BCUT2D eigenvalue weighted by Crippen LogP contribution is 2.34. The second kappa shape index (κ2) is 9.60. The zero-order valence-corrected chi connectivity index (χ0v) is 16.8. The molecular weight excluding hydrogens is 362 g/mol. The van der Waals surface area contributed by atoms with E-state index in [2.05, 4.69) is 11.6 Å². The van der Waals surface area contributed by atoms with Crippen molar-refractivity contribution < 1.29 is 14.3 Å². The number of aromatic nitrogens is 1. The van der Waals surface area contributed by atoms with Crippen LogP contribution in [0.15, 0.2) is 72.9 Å². The zero-order valence-electron chi connectivity index (χ0n) is 16.8. The second-order valence-corrected chi connectivity index (χ2v) is 6.87. The molecule has 3 aromatic rings. The third-order valence-corrected chi connectivity index (χ3v) is 4.50. The Morgan fingerprint density at radius 1 is 1.03 bits per heavy atom. The number of esters is 1. The lowest BCUT2D eigenvalue weighted by Gasteiger charge is -2.15. The number of rotatable bonds is 8. The fraction of sp³-hybridized carbons (Fsp3) is 0.160. The van der Waals surface area contributed by atoms with Gasteiger partial charge in [0.2, 0.25) is 0 Å². The van der Waals surface area contributed by atoms with Gasteiger partial charge in [-0.25, -0.2) is 4.79 Å². The number of allylic oxidation sites excluding steroid dienone is 1. The van der Waals surface area contributed by atoms with Crippen LogP contribution in [0.5, 0.6) is 11.5 Å². The van der Waals surface area contributed by atoms with Crippen molar-refractivity contribution in [3.05, 3.63) is 95.3 Å². The Balaban J connectivity index is 1.96. The number of benzene rings is 2. The van der Waals surface area contributed by atoms with Crippen LogP contribution in [0.3, 0.4) is 0 Å². The molecule has 0 saturated heterocycles. The summed E-state index contributed by atoms with van der Waals surface area (Å²) >= 11 is 0. The summed E-state index contributed by atoms with van der Waals surface area (Å²) in [5.74, 6) is 0.756. The van der Waals surface area contributed by atoms with Crippen molar-refractivity contribution in [2.24, 2.45) is 0 Å². The zero-order chi connectivity index (χ0) is 20.6. The molecule has 3 rings (SSSR count). The highest BCUT2D eigenvalue weighted by atomic mass is 16.5. The van der Waals surface area contributed by atoms with Crippen molar-refractivity contribution in [2.75, 3.05) is 7.11 Å². The number of carbonyl (C=O) groups is 1. The van der Waals surface area contributed by atoms with Gasteiger partial charge in [0.1, 0.15) is 17.2 Å². The normalized spacial score (nSPS) is 10.8. The first-order valence-corrected chi connectivity index (χ1v) is 9.51. The summed E-state index contributed by atoms with van der Waals surface area (Å²) in [6.07, 6.45) is 7.14. The van der Waals surface area contributed by atoms with E-state index in [1.54, 1.807) is 25.4 Å². The Hall–Kier alpha value is -3.53. The van der Waals surface area contributed by atoms with Gasteiger partial charge >= 0.3 is 5.97 Å². The van der Waals surface area contributed by atoms with Gasteiger partial charge in [0.15, 0.2) is 0 Å². The molecule has 0 saturated carbocycles. The minimum Gasteiger partial charge on any atom is -0.496 e. The van der Waals surface area contributed by atoms with Crippen LogP contribution in [0.25, 0.3) is 12.2 Å². The molecule has 0 unspecified atom stereocenters. The first-order valence-electron chi connectivity index (χ1n) is 9.51. The maximum absolute atomic E-state index is 12.5. The van der Waals surface area contributed by atoms with Crippen molar-refractivity contribution in [2.45, 2.75) is 19.8 Å². The highest BCUT2D eigenvalue weighted by Gasteiger charge is 2.17. The van der Waals surface area contributed by atoms with Crippen molar-refractivity contribution in [1.29, 1.82) is 0 Å². The Kier molecular flexibility index (Phi) is 6.69. The molecule has 0 radical (unpaired) electrons. The summed E-state index contributed by atoms with van der Waals surface area (Å²) in [5, 5.41) is 0. The summed E-state index contributed by atoms with van der Waals surface area (Å²) in [6, 6.07) is 17.3. The smallest absolute Gasteiger partial charge is 0.360 e. The fourth-order valence-electron chi connectivity index (χ4n) is 2.96. The van der Waals surface area contributed by atoms with Gasteiger partial charge in [-0.05, 0) is 55.2 Å². The molecular formula is C25H25NO3. The van der Waals surface area contributed by atoms with E-state index in [0.29, 0.717) is 23.6 Å². The van der Waals surface area contributed by atoms with Gasteiger partial charge in [0.05, 0.1) is 7.11 Å². The number of methoxy groups -OCH3 is 1. The van der Waals surface area contributed by atoms with Gasteiger partial charge in [-0.3, -0.25) is 0 Å². The lowest BCUT2D eigenvalue weighted by Crippen LogP contribution is -2.11. The van der Waals surface area contributed by atoms with Crippen molar-refractivity contribution in [1.82, 2.24) is 4.98 Å². The monoisotopic (exact) mass is 387 g/mol. The molecule has 0 aliphatic heterocycles. The summed E-state index contributed by atoms with van der Waals surface area (Å²) in [4.78, 5) is 15.4. The molecule has 4 nitrogen and oxygen atoms in total. The first kappa shape index (κ1) is 20.2. The van der Waals surface area contributed by atoms with E-state index in [9.17, 15) is 4.79 Å². The van der Waals surface area contributed by atoms with E-state index in [1.165, 1.54) is 0 Å². The van der Waals surface area contributed by atoms with Crippen LogP contribution in [0.1, 0.15) is 40.5 Å². The molecule has 0 spiro atoms. The topological polar surface area (TPSA) is 51.3 Å². The first-order chi connectivity index (χ1) is 14.1. The standard InChI is InChI=1S/C25H25NO3/c1-18(2)11-14-21-23(28-3)16-20(13-12-19-8-5-4-6-9-19)17-24(21)29-25(27)22-10-7-15-26-22/h4-10,12-13,15-17,26H,1,11,14H2,2-3H3/b13-12+. The third-order valence-electron chi connectivity index (χ3n) is 4.50. The highest BCUT2D eigenvalue weighted by molar-refractivity contribution is 5.89. The minimum absolute atomic E-state index is 0.403. The molecule has 4 heteroatoms. The van der Waals surface area contributed by atoms with Crippen molar-refractivity contribution >= 4 is 18.1 Å². The predicted molar refractivity (Wildman–Crippen MR) is 117 cm³/mol. The summed E-state index contributed by atoms with van der Waals surface area (Å²) in [6.45, 7) is 5.95. The quantitative estimate of drug-likeness (QED) is 0.226. The Morgan fingerprint density at radius 3 is 2.41 bits per heavy atom. The maximum atomic E-state index is 12.5. The molecule has 1 heterocycles. The van der Waals surface area contributed by atoms with E-state index in [4.69, 9.17) is 9.47 Å². The SMILES string of the molecule is C=C(C)CCc1c(OC)cc(/C=C/c2ccccc2)cc1OC(=O)c1ccc[nH]1. The molecule has 148 valence electrons.